The van der Waals surface area contributed by atoms with Crippen LogP contribution < -0.4 is 5.32 Å². The smallest absolute Gasteiger partial charge is 0.312 e. The minimum absolute atomic E-state index is 0.0205. The molecule has 0 bridgehead atoms. The molecule has 0 aromatic heterocycles. The average Bonchev–Trinajstić information content (AvgIpc) is 3.46. The molecule has 0 spiro atoms. The molecule has 53 heavy (non-hydrogen) atoms. The first kappa shape index (κ1) is 41.1. The van der Waals surface area contributed by atoms with E-state index in [2.05, 4.69) is 70.5 Å². The fourth-order valence-electron chi connectivity index (χ4n) is 13.7. The molecule has 300 valence electrons. The summed E-state index contributed by atoms with van der Waals surface area (Å²) in [5.74, 6) is 1.95. The number of sulfone groups is 1. The number of aliphatic carboxylic acids is 1. The molecule has 5 aliphatic carbocycles. The summed E-state index contributed by atoms with van der Waals surface area (Å²) < 4.78 is 38.3. The minimum Gasteiger partial charge on any atom is -0.481 e. The van der Waals surface area contributed by atoms with Crippen LogP contribution in [0.5, 0.6) is 0 Å². The van der Waals surface area contributed by atoms with Crippen LogP contribution in [0.2, 0.25) is 0 Å². The molecule has 1 saturated heterocycles. The third kappa shape index (κ3) is 7.42. The number of nitrogens with one attached hydrogen (secondary N) is 1. The van der Waals surface area contributed by atoms with Gasteiger partial charge < -0.3 is 15.3 Å². The fourth-order valence-corrected chi connectivity index (χ4v) is 14.8. The number of rotatable bonds is 9. The lowest BCUT2D eigenvalue weighted by Crippen LogP contribution is -2.57. The van der Waals surface area contributed by atoms with Crippen molar-refractivity contribution in [3.8, 4) is 0 Å². The molecule has 6 aliphatic rings. The van der Waals surface area contributed by atoms with Crippen LogP contribution in [0.15, 0.2) is 35.5 Å². The van der Waals surface area contributed by atoms with Gasteiger partial charge in [-0.05, 0) is 167 Å². The monoisotopic (exact) mass is 757 g/mol. The van der Waals surface area contributed by atoms with E-state index in [1.54, 1.807) is 0 Å². The van der Waals surface area contributed by atoms with Crippen molar-refractivity contribution >= 4 is 15.8 Å². The topological polar surface area (TPSA) is 86.7 Å². The Bertz CT molecular complexity index is 1560. The summed E-state index contributed by atoms with van der Waals surface area (Å²) >= 11 is 0. The standard InChI is InChI=1S/C45H73FN2O4S/c1-31(2)35-15-25-45(47-26-29-48-27-18-34(19-28-48)53(8,51)52)24-12-32(3)42(6)21-17-38-41(4,5)36(33-13-22-44(30-46,23-14-33)40(49)50)16-20-43(38,7)39(42)11-9-10-37(35)45/h13,16,32,34-35,37-39,47H,1,9-12,14-15,17-30H2,2-8H3,(H,49,50). The quantitative estimate of drug-likeness (QED) is 0.228. The number of allylic oxidation sites excluding steroid dienone is 5. The molecule has 3 saturated carbocycles. The number of hydrogen-bond acceptors (Lipinski definition) is 5. The highest BCUT2D eigenvalue weighted by molar-refractivity contribution is 7.91. The number of likely N-dealkylation sites (tertiary alicyclic amines) is 1. The van der Waals surface area contributed by atoms with Gasteiger partial charge in [0.15, 0.2) is 0 Å². The number of fused-ring (bicyclic) bond motifs is 4. The second kappa shape index (κ2) is 15.1. The van der Waals surface area contributed by atoms with E-state index in [0.29, 0.717) is 42.4 Å². The highest BCUT2D eigenvalue weighted by Gasteiger charge is 2.60. The van der Waals surface area contributed by atoms with E-state index in [9.17, 15) is 22.7 Å². The Morgan fingerprint density at radius 2 is 1.64 bits per heavy atom. The lowest BCUT2D eigenvalue weighted by molar-refractivity contribution is -0.150. The zero-order valence-electron chi connectivity index (χ0n) is 34.4. The summed E-state index contributed by atoms with van der Waals surface area (Å²) in [6.07, 6.45) is 21.0. The maximum Gasteiger partial charge on any atom is 0.312 e. The number of carbonyl (C=O) groups is 1. The van der Waals surface area contributed by atoms with Gasteiger partial charge in [-0.1, -0.05) is 65.3 Å². The Balaban J connectivity index is 1.20. The molecule has 1 heterocycles. The Morgan fingerprint density at radius 1 is 0.943 bits per heavy atom. The van der Waals surface area contributed by atoms with Crippen molar-refractivity contribution in [3.05, 3.63) is 35.5 Å². The van der Waals surface area contributed by atoms with Gasteiger partial charge >= 0.3 is 5.97 Å². The first-order valence-electron chi connectivity index (χ1n) is 21.3. The van der Waals surface area contributed by atoms with Gasteiger partial charge in [-0.25, -0.2) is 12.8 Å². The number of carboxylic acids is 1. The van der Waals surface area contributed by atoms with Crippen LogP contribution in [0.25, 0.3) is 0 Å². The molecular weight excluding hydrogens is 684 g/mol. The number of halogens is 1. The molecule has 0 radical (unpaired) electrons. The zero-order valence-corrected chi connectivity index (χ0v) is 35.2. The van der Waals surface area contributed by atoms with Crippen LogP contribution in [-0.2, 0) is 14.6 Å². The number of carboxylic acid groups (broad SMARTS) is 1. The molecule has 0 amide bonds. The summed E-state index contributed by atoms with van der Waals surface area (Å²) in [4.78, 5) is 14.5. The summed E-state index contributed by atoms with van der Waals surface area (Å²) in [6, 6.07) is 0. The normalized spacial score (nSPS) is 41.3. The molecule has 9 unspecified atom stereocenters. The van der Waals surface area contributed by atoms with Crippen LogP contribution >= 0.6 is 0 Å². The lowest BCUT2D eigenvalue weighted by Gasteiger charge is -2.64. The molecule has 0 aromatic carbocycles. The summed E-state index contributed by atoms with van der Waals surface area (Å²) in [5, 5.41) is 13.9. The second-order valence-corrected chi connectivity index (χ2v) is 22.6. The van der Waals surface area contributed by atoms with Crippen molar-refractivity contribution in [1.29, 1.82) is 0 Å². The number of alkyl halides is 1. The average molecular weight is 757 g/mol. The predicted octanol–water partition coefficient (Wildman–Crippen LogP) is 9.57. The summed E-state index contributed by atoms with van der Waals surface area (Å²) in [7, 11) is -2.96. The Morgan fingerprint density at radius 3 is 2.25 bits per heavy atom. The first-order chi connectivity index (χ1) is 24.8. The second-order valence-electron chi connectivity index (χ2n) is 20.3. The summed E-state index contributed by atoms with van der Waals surface area (Å²) in [5.41, 5.74) is 3.32. The molecule has 6 nitrogen and oxygen atoms in total. The molecule has 8 heteroatoms. The van der Waals surface area contributed by atoms with Gasteiger partial charge in [-0.15, -0.1) is 0 Å². The van der Waals surface area contributed by atoms with Gasteiger partial charge in [0.05, 0.1) is 10.7 Å². The molecular formula is C45H73FN2O4S. The third-order valence-corrected chi connectivity index (χ3v) is 19.0. The zero-order chi connectivity index (χ0) is 38.6. The summed E-state index contributed by atoms with van der Waals surface area (Å²) in [6.45, 7) is 22.4. The Labute approximate surface area is 322 Å². The minimum atomic E-state index is -2.96. The maximum atomic E-state index is 14.0. The van der Waals surface area contributed by atoms with Gasteiger partial charge in [0.25, 0.3) is 0 Å². The number of hydrogen-bond donors (Lipinski definition) is 2. The van der Waals surface area contributed by atoms with Gasteiger partial charge in [0, 0.05) is 24.9 Å². The molecule has 4 fully saturated rings. The van der Waals surface area contributed by atoms with Crippen molar-refractivity contribution in [1.82, 2.24) is 10.2 Å². The highest BCUT2D eigenvalue weighted by atomic mass is 32.2. The van der Waals surface area contributed by atoms with Crippen molar-refractivity contribution in [2.75, 3.05) is 39.1 Å². The van der Waals surface area contributed by atoms with Crippen LogP contribution in [0, 0.1) is 51.2 Å². The highest BCUT2D eigenvalue weighted by Crippen LogP contribution is 2.68. The van der Waals surface area contributed by atoms with Crippen molar-refractivity contribution in [2.45, 2.75) is 149 Å². The van der Waals surface area contributed by atoms with Crippen LogP contribution in [0.1, 0.15) is 138 Å². The third-order valence-electron chi connectivity index (χ3n) is 17.3. The molecule has 0 aromatic rings. The van der Waals surface area contributed by atoms with E-state index < -0.39 is 27.9 Å². The Hall–Kier alpha value is -1.51. The SMILES string of the molecule is C=C(C)C1CCC2(NCCN3CCC(S(C)(=O)=O)CC3)CCC(C)C3(C)CCC4C(C)(C)C(C5=CCC(CF)(C(=O)O)CC5)=CCC4(C)C3CCCC12. The van der Waals surface area contributed by atoms with E-state index in [-0.39, 0.29) is 33.5 Å². The van der Waals surface area contributed by atoms with Crippen LogP contribution in [0.3, 0.4) is 0 Å². The molecule has 1 aliphatic heterocycles. The van der Waals surface area contributed by atoms with Gasteiger partial charge in [-0.3, -0.25) is 4.79 Å². The van der Waals surface area contributed by atoms with Crippen LogP contribution in [0.4, 0.5) is 4.39 Å². The van der Waals surface area contributed by atoms with Gasteiger partial charge in [0.2, 0.25) is 0 Å². The van der Waals surface area contributed by atoms with Gasteiger partial charge in [0.1, 0.15) is 16.5 Å². The first-order valence-corrected chi connectivity index (χ1v) is 23.3. The maximum absolute atomic E-state index is 14.0. The van der Waals surface area contributed by atoms with E-state index in [0.717, 1.165) is 45.4 Å². The molecule has 6 rings (SSSR count). The molecule has 9 atom stereocenters. The van der Waals surface area contributed by atoms with Crippen molar-refractivity contribution < 1.29 is 22.7 Å². The largest absolute Gasteiger partial charge is 0.481 e. The number of piperidine rings is 1. The van der Waals surface area contributed by atoms with Crippen molar-refractivity contribution in [3.63, 3.8) is 0 Å². The van der Waals surface area contributed by atoms with E-state index >= 15 is 0 Å². The van der Waals surface area contributed by atoms with E-state index in [1.807, 2.05) is 0 Å². The number of nitrogens with zero attached hydrogens (tertiary/aromatic N) is 1. The lowest BCUT2D eigenvalue weighted by atomic mass is 9.40. The molecule has 2 N–H and O–H groups in total. The van der Waals surface area contributed by atoms with Crippen LogP contribution in [-0.4, -0.2) is 74.3 Å². The predicted molar refractivity (Wildman–Crippen MR) is 215 cm³/mol. The van der Waals surface area contributed by atoms with E-state index in [1.165, 1.54) is 80.8 Å². The van der Waals surface area contributed by atoms with E-state index in [4.69, 9.17) is 0 Å². The van der Waals surface area contributed by atoms with Crippen molar-refractivity contribution in [2.24, 2.45) is 51.2 Å². The fraction of sp³-hybridized carbons (Fsp3) is 0.844. The van der Waals surface area contributed by atoms with Gasteiger partial charge in [-0.2, -0.15) is 0 Å². The Kier molecular flexibility index (Phi) is 11.7.